The monoisotopic (exact) mass is 354 g/mol. The van der Waals surface area contributed by atoms with Crippen molar-refractivity contribution < 1.29 is 14.3 Å². The molecular formula is C18H30N2O3S. The number of rotatable bonds is 11. The maximum absolute atomic E-state index is 11.4. The molecule has 0 saturated carbocycles. The average Bonchev–Trinajstić information content (AvgIpc) is 2.91. The molecule has 0 aromatic heterocycles. The van der Waals surface area contributed by atoms with Crippen molar-refractivity contribution in [1.82, 2.24) is 10.6 Å². The third-order valence-corrected chi connectivity index (χ3v) is 4.56. The highest BCUT2D eigenvalue weighted by Gasteiger charge is 2.19. The first-order valence-electron chi connectivity index (χ1n) is 9.31. The van der Waals surface area contributed by atoms with Crippen molar-refractivity contribution in [2.75, 3.05) is 13.2 Å². The summed E-state index contributed by atoms with van der Waals surface area (Å²) in [5.74, 6) is -0.110. The van der Waals surface area contributed by atoms with Crippen LogP contribution < -0.4 is 10.6 Å². The number of nitrogens with one attached hydrogen (secondary N) is 2. The molecule has 0 bridgehead atoms. The average molecular weight is 355 g/mol. The van der Waals surface area contributed by atoms with Crippen LogP contribution in [0.1, 0.15) is 70.6 Å². The second-order valence-electron chi connectivity index (χ2n) is 6.46. The van der Waals surface area contributed by atoms with Crippen LogP contribution in [0, 0.1) is 0 Å². The Morgan fingerprint density at radius 2 is 1.83 bits per heavy atom. The molecule has 2 aliphatic heterocycles. The first kappa shape index (κ1) is 19.3. The second kappa shape index (κ2) is 11.6. The van der Waals surface area contributed by atoms with Gasteiger partial charge >= 0.3 is 0 Å². The molecule has 2 rings (SSSR count). The standard InChI is InChI=1S/C18H30N2O3S/c21-17-15(19-18(24)20-17)11-7-5-3-1-2-4-6-9-13-22-16-12-8-10-14-23-16/h11,16H,1-10,12-14H2,(H2,19,20,21,24)/b15-11+. The minimum absolute atomic E-state index is 0.0543. The van der Waals surface area contributed by atoms with Crippen LogP contribution in [-0.4, -0.2) is 30.5 Å². The van der Waals surface area contributed by atoms with E-state index in [2.05, 4.69) is 10.6 Å². The van der Waals surface area contributed by atoms with Gasteiger partial charge in [0, 0.05) is 13.2 Å². The Labute approximate surface area is 150 Å². The molecule has 1 amide bonds. The number of hydrogen-bond donors (Lipinski definition) is 2. The lowest BCUT2D eigenvalue weighted by Gasteiger charge is -2.22. The largest absolute Gasteiger partial charge is 0.353 e. The second-order valence-corrected chi connectivity index (χ2v) is 6.86. The zero-order valence-corrected chi connectivity index (χ0v) is 15.3. The van der Waals surface area contributed by atoms with E-state index in [1.165, 1.54) is 44.9 Å². The Morgan fingerprint density at radius 1 is 1.08 bits per heavy atom. The van der Waals surface area contributed by atoms with Gasteiger partial charge in [-0.3, -0.25) is 10.1 Å². The van der Waals surface area contributed by atoms with E-state index < -0.39 is 0 Å². The lowest BCUT2D eigenvalue weighted by atomic mass is 10.1. The molecule has 5 nitrogen and oxygen atoms in total. The quantitative estimate of drug-likeness (QED) is 0.338. The van der Waals surface area contributed by atoms with Gasteiger partial charge in [-0.1, -0.05) is 38.2 Å². The molecule has 2 fully saturated rings. The van der Waals surface area contributed by atoms with E-state index in [9.17, 15) is 4.79 Å². The van der Waals surface area contributed by atoms with Crippen LogP contribution in [-0.2, 0) is 14.3 Å². The van der Waals surface area contributed by atoms with Gasteiger partial charge in [0.1, 0.15) is 5.70 Å². The molecule has 2 aliphatic rings. The maximum atomic E-state index is 11.4. The van der Waals surface area contributed by atoms with E-state index >= 15 is 0 Å². The van der Waals surface area contributed by atoms with Gasteiger partial charge in [-0.05, 0) is 50.7 Å². The van der Waals surface area contributed by atoms with Crippen molar-refractivity contribution in [2.24, 2.45) is 0 Å². The fourth-order valence-electron chi connectivity index (χ4n) is 2.96. The molecule has 0 radical (unpaired) electrons. The van der Waals surface area contributed by atoms with Crippen molar-refractivity contribution in [3.63, 3.8) is 0 Å². The fourth-order valence-corrected chi connectivity index (χ4v) is 3.16. The van der Waals surface area contributed by atoms with E-state index in [1.54, 1.807) is 0 Å². The first-order valence-corrected chi connectivity index (χ1v) is 9.72. The molecule has 24 heavy (non-hydrogen) atoms. The summed E-state index contributed by atoms with van der Waals surface area (Å²) in [5.41, 5.74) is 0.599. The molecule has 2 saturated heterocycles. The zero-order chi connectivity index (χ0) is 17.0. The number of unbranched alkanes of at least 4 members (excludes halogenated alkanes) is 7. The van der Waals surface area contributed by atoms with Gasteiger partial charge in [0.05, 0.1) is 0 Å². The molecule has 2 N–H and O–H groups in total. The molecule has 136 valence electrons. The number of carbonyl (C=O) groups excluding carboxylic acids is 1. The molecule has 1 atom stereocenters. The normalized spacial score (nSPS) is 22.7. The van der Waals surface area contributed by atoms with E-state index in [-0.39, 0.29) is 12.2 Å². The van der Waals surface area contributed by atoms with Crippen LogP contribution >= 0.6 is 12.2 Å². The predicted molar refractivity (Wildman–Crippen MR) is 98.4 cm³/mol. The van der Waals surface area contributed by atoms with Crippen LogP contribution in [0.25, 0.3) is 0 Å². The van der Waals surface area contributed by atoms with E-state index in [4.69, 9.17) is 21.7 Å². The maximum Gasteiger partial charge on any atom is 0.273 e. The lowest BCUT2D eigenvalue weighted by Crippen LogP contribution is -2.22. The summed E-state index contributed by atoms with van der Waals surface area (Å²) < 4.78 is 11.3. The first-order chi connectivity index (χ1) is 11.8. The SMILES string of the molecule is O=C1NC(=S)N/C1=C/CCCCCCCCCOC1CCCCO1. The van der Waals surface area contributed by atoms with Crippen molar-refractivity contribution in [1.29, 1.82) is 0 Å². The predicted octanol–water partition coefficient (Wildman–Crippen LogP) is 3.54. The Hall–Kier alpha value is -0.980. The highest BCUT2D eigenvalue weighted by Crippen LogP contribution is 2.15. The van der Waals surface area contributed by atoms with Crippen LogP contribution in [0.5, 0.6) is 0 Å². The van der Waals surface area contributed by atoms with E-state index in [0.717, 1.165) is 38.9 Å². The van der Waals surface area contributed by atoms with Crippen LogP contribution in [0.15, 0.2) is 11.8 Å². The number of hydrogen-bond acceptors (Lipinski definition) is 4. The smallest absolute Gasteiger partial charge is 0.273 e. The van der Waals surface area contributed by atoms with Crippen LogP contribution in [0.2, 0.25) is 0 Å². The molecule has 1 unspecified atom stereocenters. The Morgan fingerprint density at radius 3 is 2.50 bits per heavy atom. The van der Waals surface area contributed by atoms with E-state index in [1.807, 2.05) is 6.08 Å². The number of amides is 1. The van der Waals surface area contributed by atoms with Crippen molar-refractivity contribution in [3.05, 3.63) is 11.8 Å². The fraction of sp³-hybridized carbons (Fsp3) is 0.778. The summed E-state index contributed by atoms with van der Waals surface area (Å²) in [6.07, 6.45) is 14.9. The van der Waals surface area contributed by atoms with Gasteiger partial charge in [0.15, 0.2) is 11.4 Å². The summed E-state index contributed by atoms with van der Waals surface area (Å²) in [4.78, 5) is 11.4. The number of carbonyl (C=O) groups is 1. The lowest BCUT2D eigenvalue weighted by molar-refractivity contribution is -0.162. The van der Waals surface area contributed by atoms with Crippen molar-refractivity contribution in [2.45, 2.75) is 76.9 Å². The van der Waals surface area contributed by atoms with Gasteiger partial charge in [-0.15, -0.1) is 0 Å². The van der Waals surface area contributed by atoms with Crippen LogP contribution in [0.3, 0.4) is 0 Å². The highest BCUT2D eigenvalue weighted by molar-refractivity contribution is 7.80. The molecule has 6 heteroatoms. The van der Waals surface area contributed by atoms with Crippen molar-refractivity contribution in [3.8, 4) is 0 Å². The third kappa shape index (κ3) is 7.73. The molecule has 0 aromatic carbocycles. The Kier molecular flexibility index (Phi) is 9.31. The van der Waals surface area contributed by atoms with Gasteiger partial charge in [0.2, 0.25) is 0 Å². The van der Waals surface area contributed by atoms with Gasteiger partial charge in [-0.25, -0.2) is 0 Å². The Bertz CT molecular complexity index is 434. The third-order valence-electron chi connectivity index (χ3n) is 4.36. The van der Waals surface area contributed by atoms with Gasteiger partial charge in [0.25, 0.3) is 5.91 Å². The summed E-state index contributed by atoms with van der Waals surface area (Å²) >= 11 is 4.89. The molecule has 0 aliphatic carbocycles. The molecule has 2 heterocycles. The minimum atomic E-state index is -0.110. The number of ether oxygens (including phenoxy) is 2. The number of allylic oxidation sites excluding steroid dienone is 1. The summed E-state index contributed by atoms with van der Waals surface area (Å²) in [5, 5.41) is 5.85. The molecule has 0 spiro atoms. The van der Waals surface area contributed by atoms with Crippen LogP contribution in [0.4, 0.5) is 0 Å². The topological polar surface area (TPSA) is 59.6 Å². The van der Waals surface area contributed by atoms with Gasteiger partial charge in [-0.2, -0.15) is 0 Å². The molecular weight excluding hydrogens is 324 g/mol. The summed E-state index contributed by atoms with van der Waals surface area (Å²) in [6.45, 7) is 1.68. The zero-order valence-electron chi connectivity index (χ0n) is 14.5. The van der Waals surface area contributed by atoms with Crippen molar-refractivity contribution >= 4 is 23.2 Å². The number of thiocarbonyl (C=S) groups is 1. The minimum Gasteiger partial charge on any atom is -0.353 e. The highest BCUT2D eigenvalue weighted by atomic mass is 32.1. The molecule has 0 aromatic rings. The Balaban J connectivity index is 1.35. The van der Waals surface area contributed by atoms with E-state index in [0.29, 0.717) is 10.8 Å². The summed E-state index contributed by atoms with van der Waals surface area (Å²) in [7, 11) is 0. The summed E-state index contributed by atoms with van der Waals surface area (Å²) in [6, 6.07) is 0. The van der Waals surface area contributed by atoms with Gasteiger partial charge < -0.3 is 14.8 Å².